The van der Waals surface area contributed by atoms with Gasteiger partial charge in [-0.1, -0.05) is 13.8 Å². The minimum atomic E-state index is -0.0245. The summed E-state index contributed by atoms with van der Waals surface area (Å²) in [5, 5.41) is 6.49. The Kier molecular flexibility index (Phi) is 2.75. The highest BCUT2D eigenvalue weighted by atomic mass is 16.2. The lowest BCUT2D eigenvalue weighted by atomic mass is 9.81. The number of nitrogens with one attached hydrogen (secondary N) is 2. The van der Waals surface area contributed by atoms with Gasteiger partial charge in [0.05, 0.1) is 0 Å². The molecule has 0 atom stereocenters. The maximum absolute atomic E-state index is 11.8. The van der Waals surface area contributed by atoms with Crippen LogP contribution in [0, 0.1) is 10.8 Å². The van der Waals surface area contributed by atoms with Crippen molar-refractivity contribution in [2.75, 3.05) is 19.6 Å². The van der Waals surface area contributed by atoms with Gasteiger partial charge in [-0.2, -0.15) is 0 Å². The second-order valence-electron chi connectivity index (χ2n) is 5.80. The molecule has 15 heavy (non-hydrogen) atoms. The number of carbonyl (C=O) groups excluding carboxylic acids is 1. The van der Waals surface area contributed by atoms with Crippen molar-refractivity contribution in [3.63, 3.8) is 0 Å². The van der Waals surface area contributed by atoms with Gasteiger partial charge in [0.15, 0.2) is 0 Å². The average molecular weight is 210 g/mol. The number of amides is 1. The molecule has 1 saturated heterocycles. The highest BCUT2D eigenvalue weighted by molar-refractivity contribution is 5.84. The Morgan fingerprint density at radius 1 is 1.20 bits per heavy atom. The van der Waals surface area contributed by atoms with Crippen molar-refractivity contribution in [3.05, 3.63) is 0 Å². The van der Waals surface area contributed by atoms with E-state index >= 15 is 0 Å². The van der Waals surface area contributed by atoms with Crippen molar-refractivity contribution in [2.45, 2.75) is 39.5 Å². The molecule has 1 aliphatic carbocycles. The van der Waals surface area contributed by atoms with Gasteiger partial charge in [-0.25, -0.2) is 0 Å². The molecular weight excluding hydrogens is 188 g/mol. The highest BCUT2D eigenvalue weighted by Gasteiger charge is 2.45. The predicted octanol–water partition coefficient (Wildman–Crippen LogP) is 1.29. The van der Waals surface area contributed by atoms with Crippen molar-refractivity contribution in [2.24, 2.45) is 10.8 Å². The van der Waals surface area contributed by atoms with Gasteiger partial charge in [-0.3, -0.25) is 4.79 Å². The minimum absolute atomic E-state index is 0.0245. The molecular formula is C12H22N2O. The third-order valence-electron chi connectivity index (χ3n) is 4.03. The van der Waals surface area contributed by atoms with E-state index in [2.05, 4.69) is 24.5 Å². The first-order chi connectivity index (χ1) is 7.04. The lowest BCUT2D eigenvalue weighted by Gasteiger charge is -2.34. The van der Waals surface area contributed by atoms with Gasteiger partial charge in [-0.05, 0) is 44.2 Å². The van der Waals surface area contributed by atoms with Crippen LogP contribution in [0.3, 0.4) is 0 Å². The quantitative estimate of drug-likeness (QED) is 0.737. The monoisotopic (exact) mass is 210 g/mol. The van der Waals surface area contributed by atoms with Crippen LogP contribution in [0.15, 0.2) is 0 Å². The van der Waals surface area contributed by atoms with Gasteiger partial charge in [-0.15, -0.1) is 0 Å². The van der Waals surface area contributed by atoms with Crippen LogP contribution in [-0.4, -0.2) is 25.5 Å². The van der Waals surface area contributed by atoms with Crippen molar-refractivity contribution in [1.82, 2.24) is 10.6 Å². The van der Waals surface area contributed by atoms with Crippen LogP contribution in [0.4, 0.5) is 0 Å². The molecule has 0 aromatic rings. The van der Waals surface area contributed by atoms with E-state index in [4.69, 9.17) is 0 Å². The summed E-state index contributed by atoms with van der Waals surface area (Å²) >= 11 is 0. The van der Waals surface area contributed by atoms with Crippen LogP contribution in [0.1, 0.15) is 39.5 Å². The summed E-state index contributed by atoms with van der Waals surface area (Å²) < 4.78 is 0. The van der Waals surface area contributed by atoms with Crippen LogP contribution < -0.4 is 10.6 Å². The largest absolute Gasteiger partial charge is 0.355 e. The molecule has 2 N–H and O–H groups in total. The van der Waals surface area contributed by atoms with E-state index < -0.39 is 0 Å². The summed E-state index contributed by atoms with van der Waals surface area (Å²) in [6, 6.07) is 0. The molecule has 0 aromatic heterocycles. The smallest absolute Gasteiger partial charge is 0.225 e. The lowest BCUT2D eigenvalue weighted by Crippen LogP contribution is -2.44. The van der Waals surface area contributed by atoms with Gasteiger partial charge in [0.25, 0.3) is 0 Å². The van der Waals surface area contributed by atoms with Gasteiger partial charge >= 0.3 is 0 Å². The number of carbonyl (C=O) groups is 1. The molecule has 0 spiro atoms. The van der Waals surface area contributed by atoms with Crippen LogP contribution in [0.2, 0.25) is 0 Å². The van der Waals surface area contributed by atoms with E-state index in [1.165, 1.54) is 12.8 Å². The summed E-state index contributed by atoms with van der Waals surface area (Å²) in [6.07, 6.45) is 4.47. The van der Waals surface area contributed by atoms with Crippen LogP contribution in [-0.2, 0) is 4.79 Å². The fourth-order valence-electron chi connectivity index (χ4n) is 2.13. The van der Waals surface area contributed by atoms with Crippen molar-refractivity contribution < 1.29 is 4.79 Å². The zero-order chi connectivity index (χ0) is 10.9. The summed E-state index contributed by atoms with van der Waals surface area (Å²) in [6.45, 7) is 7.37. The molecule has 2 aliphatic rings. The third kappa shape index (κ3) is 2.51. The molecule has 1 heterocycles. The fourth-order valence-corrected chi connectivity index (χ4v) is 2.13. The van der Waals surface area contributed by atoms with Crippen LogP contribution in [0.5, 0.6) is 0 Å². The van der Waals surface area contributed by atoms with E-state index in [1.54, 1.807) is 0 Å². The first-order valence-corrected chi connectivity index (χ1v) is 6.03. The maximum Gasteiger partial charge on any atom is 0.225 e. The Bertz CT molecular complexity index is 252. The van der Waals surface area contributed by atoms with Crippen LogP contribution >= 0.6 is 0 Å². The molecule has 1 amide bonds. The molecule has 0 aromatic carbocycles. The Morgan fingerprint density at radius 2 is 1.80 bits per heavy atom. The Hall–Kier alpha value is -0.570. The van der Waals surface area contributed by atoms with Gasteiger partial charge < -0.3 is 10.6 Å². The first-order valence-electron chi connectivity index (χ1n) is 6.03. The predicted molar refractivity (Wildman–Crippen MR) is 60.6 cm³/mol. The Labute approximate surface area is 92.0 Å². The molecule has 0 unspecified atom stereocenters. The molecule has 86 valence electrons. The van der Waals surface area contributed by atoms with Gasteiger partial charge in [0.2, 0.25) is 5.91 Å². The zero-order valence-corrected chi connectivity index (χ0v) is 9.86. The average Bonchev–Trinajstić information content (AvgIpc) is 2.96. The molecule has 3 heteroatoms. The van der Waals surface area contributed by atoms with Gasteiger partial charge in [0.1, 0.15) is 0 Å². The van der Waals surface area contributed by atoms with E-state index in [9.17, 15) is 4.79 Å². The number of rotatable bonds is 3. The first kappa shape index (κ1) is 10.9. The second-order valence-corrected chi connectivity index (χ2v) is 5.80. The summed E-state index contributed by atoms with van der Waals surface area (Å²) in [7, 11) is 0. The third-order valence-corrected chi connectivity index (χ3v) is 4.03. The maximum atomic E-state index is 11.8. The van der Waals surface area contributed by atoms with E-state index in [0.717, 1.165) is 32.5 Å². The fraction of sp³-hybridized carbons (Fsp3) is 0.917. The summed E-state index contributed by atoms with van der Waals surface area (Å²) in [5.74, 6) is 0.266. The van der Waals surface area contributed by atoms with Crippen molar-refractivity contribution >= 4 is 5.91 Å². The highest BCUT2D eigenvalue weighted by Crippen LogP contribution is 2.45. The molecule has 0 radical (unpaired) electrons. The summed E-state index contributed by atoms with van der Waals surface area (Å²) in [5.41, 5.74) is 0.287. The summed E-state index contributed by atoms with van der Waals surface area (Å²) in [4.78, 5) is 11.8. The molecule has 0 bridgehead atoms. The van der Waals surface area contributed by atoms with E-state index in [-0.39, 0.29) is 11.3 Å². The molecule has 2 rings (SSSR count). The Balaban J connectivity index is 1.79. The Morgan fingerprint density at radius 3 is 2.33 bits per heavy atom. The minimum Gasteiger partial charge on any atom is -0.355 e. The van der Waals surface area contributed by atoms with Crippen LogP contribution in [0.25, 0.3) is 0 Å². The topological polar surface area (TPSA) is 41.1 Å². The molecule has 1 aliphatic heterocycles. The normalized spacial score (nSPS) is 27.1. The molecule has 2 fully saturated rings. The molecule has 3 nitrogen and oxygen atoms in total. The van der Waals surface area contributed by atoms with Crippen molar-refractivity contribution in [3.8, 4) is 0 Å². The second kappa shape index (κ2) is 3.78. The zero-order valence-electron chi connectivity index (χ0n) is 9.86. The molecule has 1 saturated carbocycles. The number of hydrogen-bond acceptors (Lipinski definition) is 2. The standard InChI is InChI=1S/C12H22N2O/c1-11(5-7-13-8-6-11)9-14-10(15)12(2)3-4-12/h13H,3-9H2,1-2H3,(H,14,15). The van der Waals surface area contributed by atoms with Gasteiger partial charge in [0, 0.05) is 12.0 Å². The number of piperidine rings is 1. The lowest BCUT2D eigenvalue weighted by molar-refractivity contribution is -0.126. The van der Waals surface area contributed by atoms with E-state index in [1.807, 2.05) is 0 Å². The van der Waals surface area contributed by atoms with Crippen molar-refractivity contribution in [1.29, 1.82) is 0 Å². The van der Waals surface area contributed by atoms with E-state index in [0.29, 0.717) is 5.41 Å². The number of hydrogen-bond donors (Lipinski definition) is 2. The SMILES string of the molecule is CC1(CNC(=O)C2(C)CC2)CCNCC1.